The Bertz CT molecular complexity index is 535. The molecule has 6 heteroatoms. The van der Waals surface area contributed by atoms with Gasteiger partial charge in [0.15, 0.2) is 0 Å². The topological polar surface area (TPSA) is 71.4 Å². The van der Waals surface area contributed by atoms with Gasteiger partial charge in [0.1, 0.15) is 5.78 Å². The van der Waals surface area contributed by atoms with Crippen molar-refractivity contribution >= 4 is 27.2 Å². The van der Waals surface area contributed by atoms with Crippen LogP contribution in [0, 0.1) is 0 Å². The van der Waals surface area contributed by atoms with Gasteiger partial charge in [-0.3, -0.25) is 9.35 Å². The Morgan fingerprint density at radius 1 is 1.00 bits per heavy atom. The number of ketones is 1. The Hall–Kier alpha value is -0.720. The van der Waals surface area contributed by atoms with Crippen LogP contribution in [0.3, 0.4) is 0 Å². The summed E-state index contributed by atoms with van der Waals surface area (Å²) in [7, 11) is -3.69. The van der Waals surface area contributed by atoms with E-state index in [2.05, 4.69) is 6.92 Å². The number of unbranched alkanes of at least 4 members (excludes halogenated alkanes) is 3. The van der Waals surface area contributed by atoms with Gasteiger partial charge in [-0.05, 0) is 24.3 Å². The zero-order chi connectivity index (χ0) is 20.4. The third-order valence-corrected chi connectivity index (χ3v) is 5.95. The lowest BCUT2D eigenvalue weighted by Crippen LogP contribution is -2.02. The third-order valence-electron chi connectivity index (χ3n) is 4.27. The molecule has 0 aliphatic heterocycles. The fraction of sp³-hybridized carbons (Fsp3) is 0.762. The molecule has 0 spiro atoms. The molecule has 1 aromatic rings. The number of thiophene rings is 1. The molecule has 0 atom stereocenters. The summed E-state index contributed by atoms with van der Waals surface area (Å²) in [4.78, 5) is 12.6. The van der Waals surface area contributed by atoms with E-state index < -0.39 is 10.1 Å². The summed E-state index contributed by atoms with van der Waals surface area (Å²) in [5.74, 6) is 0.277. The molecule has 0 saturated heterocycles. The summed E-state index contributed by atoms with van der Waals surface area (Å²) in [5, 5.41) is 2.02. The summed E-state index contributed by atoms with van der Waals surface area (Å²) in [5.41, 5.74) is 0. The van der Waals surface area contributed by atoms with E-state index in [9.17, 15) is 13.2 Å². The Morgan fingerprint density at radius 2 is 1.56 bits per heavy atom. The number of rotatable bonds is 9. The van der Waals surface area contributed by atoms with Gasteiger partial charge in [0, 0.05) is 17.7 Å². The predicted molar refractivity (Wildman–Crippen MR) is 116 cm³/mol. The minimum atomic E-state index is -3.69. The SMILES string of the molecule is C1CCCCC1.CCCCCC(=O)Cc1cccs1.CCCCS(=O)(=O)O. The molecular weight excluding hydrogens is 380 g/mol. The minimum Gasteiger partial charge on any atom is -0.299 e. The van der Waals surface area contributed by atoms with Gasteiger partial charge in [-0.2, -0.15) is 8.42 Å². The number of hydrogen-bond donors (Lipinski definition) is 1. The van der Waals surface area contributed by atoms with Crippen molar-refractivity contribution in [3.63, 3.8) is 0 Å². The number of hydrogen-bond acceptors (Lipinski definition) is 4. The van der Waals surface area contributed by atoms with Crippen LogP contribution in [0.1, 0.15) is 95.8 Å². The Labute approximate surface area is 170 Å². The van der Waals surface area contributed by atoms with Crippen LogP contribution in [0.5, 0.6) is 0 Å². The lowest BCUT2D eigenvalue weighted by Gasteiger charge is -2.05. The zero-order valence-electron chi connectivity index (χ0n) is 17.1. The maximum absolute atomic E-state index is 11.4. The van der Waals surface area contributed by atoms with Gasteiger partial charge in [-0.15, -0.1) is 11.3 Å². The lowest BCUT2D eigenvalue weighted by molar-refractivity contribution is -0.118. The normalized spacial score (nSPS) is 13.7. The summed E-state index contributed by atoms with van der Waals surface area (Å²) in [6.07, 6.45) is 15.1. The smallest absolute Gasteiger partial charge is 0.264 e. The lowest BCUT2D eigenvalue weighted by atomic mass is 10.0. The van der Waals surface area contributed by atoms with Crippen LogP contribution in [-0.2, 0) is 21.3 Å². The van der Waals surface area contributed by atoms with Crippen LogP contribution in [0.15, 0.2) is 17.5 Å². The summed E-state index contributed by atoms with van der Waals surface area (Å²) >= 11 is 1.67. The Kier molecular flexibility index (Phi) is 16.9. The molecule has 1 N–H and O–H groups in total. The second-order valence-electron chi connectivity index (χ2n) is 7.01. The standard InChI is InChI=1S/C11H16OS.C6H12.C4H10O3S/c1-2-3-4-6-10(12)9-11-7-5-8-13-11;1-2-4-6-5-3-1;1-2-3-4-8(5,6)7/h5,7-8H,2-4,6,9H2,1H3;1-6H2;2-4H2,1H3,(H,5,6,7). The highest BCUT2D eigenvalue weighted by Gasteiger charge is 2.03. The minimum absolute atomic E-state index is 0.108. The predicted octanol–water partition coefficient (Wildman–Crippen LogP) is 6.45. The van der Waals surface area contributed by atoms with Gasteiger partial charge in [0.05, 0.1) is 5.75 Å². The quantitative estimate of drug-likeness (QED) is 0.369. The van der Waals surface area contributed by atoms with Gasteiger partial charge in [0.2, 0.25) is 0 Å². The van der Waals surface area contributed by atoms with Crippen LogP contribution in [0.4, 0.5) is 0 Å². The molecule has 0 aromatic carbocycles. The molecule has 27 heavy (non-hydrogen) atoms. The van der Waals surface area contributed by atoms with Crippen molar-refractivity contribution in [2.24, 2.45) is 0 Å². The van der Waals surface area contributed by atoms with Crippen LogP contribution in [0.2, 0.25) is 0 Å². The molecule has 158 valence electrons. The molecular formula is C21H38O4S2. The third kappa shape index (κ3) is 19.8. The summed E-state index contributed by atoms with van der Waals surface area (Å²) < 4.78 is 28.0. The van der Waals surface area contributed by atoms with Gasteiger partial charge >= 0.3 is 0 Å². The first-order valence-corrected chi connectivity index (χ1v) is 12.9. The summed E-state index contributed by atoms with van der Waals surface area (Å²) in [6, 6.07) is 4.03. The van der Waals surface area contributed by atoms with Crippen LogP contribution >= 0.6 is 11.3 Å². The highest BCUT2D eigenvalue weighted by molar-refractivity contribution is 7.85. The number of carbonyl (C=O) groups is 1. The maximum atomic E-state index is 11.4. The van der Waals surface area contributed by atoms with E-state index in [1.54, 1.807) is 11.3 Å². The fourth-order valence-corrected chi connectivity index (χ4v) is 4.04. The van der Waals surface area contributed by atoms with Gasteiger partial charge in [-0.1, -0.05) is 77.7 Å². The van der Waals surface area contributed by atoms with E-state index >= 15 is 0 Å². The molecule has 1 saturated carbocycles. The van der Waals surface area contributed by atoms with Crippen LogP contribution in [0.25, 0.3) is 0 Å². The number of Topliss-reactive ketones (excluding diaryl/α,β-unsaturated/α-hetero) is 1. The van der Waals surface area contributed by atoms with Crippen LogP contribution < -0.4 is 0 Å². The first-order chi connectivity index (χ1) is 12.9. The molecule has 1 aromatic heterocycles. The monoisotopic (exact) mass is 418 g/mol. The van der Waals surface area contributed by atoms with E-state index in [-0.39, 0.29) is 5.75 Å². The molecule has 0 radical (unpaired) electrons. The first-order valence-electron chi connectivity index (χ1n) is 10.4. The van der Waals surface area contributed by atoms with Crippen molar-refractivity contribution in [1.82, 2.24) is 0 Å². The molecule has 0 amide bonds. The molecule has 1 heterocycles. The molecule has 1 aliphatic carbocycles. The van der Waals surface area contributed by atoms with Crippen molar-refractivity contribution in [3.8, 4) is 0 Å². The largest absolute Gasteiger partial charge is 0.299 e. The molecule has 0 bridgehead atoms. The van der Waals surface area contributed by atoms with E-state index in [4.69, 9.17) is 4.55 Å². The average molecular weight is 419 g/mol. The van der Waals surface area contributed by atoms with E-state index in [0.29, 0.717) is 18.6 Å². The second kappa shape index (κ2) is 17.4. The zero-order valence-corrected chi connectivity index (χ0v) is 18.8. The average Bonchev–Trinajstić information content (AvgIpc) is 3.15. The molecule has 1 aliphatic rings. The van der Waals surface area contributed by atoms with Gasteiger partial charge in [0.25, 0.3) is 10.1 Å². The highest BCUT2D eigenvalue weighted by atomic mass is 32.2. The van der Waals surface area contributed by atoms with Crippen molar-refractivity contribution in [3.05, 3.63) is 22.4 Å². The summed E-state index contributed by atoms with van der Waals surface area (Å²) in [6.45, 7) is 4.02. The first kappa shape index (κ1) is 26.3. The Balaban J connectivity index is 0.000000412. The number of carbonyl (C=O) groups excluding carboxylic acids is 1. The second-order valence-corrected chi connectivity index (χ2v) is 9.62. The van der Waals surface area contributed by atoms with Crippen molar-refractivity contribution in [2.45, 2.75) is 97.3 Å². The van der Waals surface area contributed by atoms with Crippen LogP contribution in [-0.4, -0.2) is 24.5 Å². The molecule has 0 unspecified atom stereocenters. The van der Waals surface area contributed by atoms with Gasteiger partial charge < -0.3 is 0 Å². The van der Waals surface area contributed by atoms with Crippen molar-refractivity contribution in [1.29, 1.82) is 0 Å². The molecule has 4 nitrogen and oxygen atoms in total. The molecule has 2 rings (SSSR count). The fourth-order valence-electron chi connectivity index (χ4n) is 2.66. The van der Waals surface area contributed by atoms with Crippen molar-refractivity contribution in [2.75, 3.05) is 5.75 Å². The van der Waals surface area contributed by atoms with E-state index in [1.165, 1.54) is 56.2 Å². The maximum Gasteiger partial charge on any atom is 0.264 e. The van der Waals surface area contributed by atoms with E-state index in [0.717, 1.165) is 19.3 Å². The van der Waals surface area contributed by atoms with Gasteiger partial charge in [-0.25, -0.2) is 0 Å². The Morgan fingerprint density at radius 3 is 1.93 bits per heavy atom. The van der Waals surface area contributed by atoms with Crippen molar-refractivity contribution < 1.29 is 17.8 Å². The highest BCUT2D eigenvalue weighted by Crippen LogP contribution is 2.15. The molecule has 1 fully saturated rings. The van der Waals surface area contributed by atoms with E-state index in [1.807, 2.05) is 24.4 Å².